The summed E-state index contributed by atoms with van der Waals surface area (Å²) in [7, 11) is 2.08. The number of fused-ring (bicyclic) bond motifs is 1. The second-order valence-corrected chi connectivity index (χ2v) is 5.75. The zero-order valence-electron chi connectivity index (χ0n) is 10.4. The van der Waals surface area contributed by atoms with Crippen molar-refractivity contribution in [3.63, 3.8) is 0 Å². The Morgan fingerprint density at radius 1 is 1.56 bits per heavy atom. The number of imidazole rings is 1. The molecule has 1 unspecified atom stereocenters. The van der Waals surface area contributed by atoms with E-state index >= 15 is 0 Å². The second kappa shape index (κ2) is 4.82. The van der Waals surface area contributed by atoms with Crippen LogP contribution in [0.4, 0.5) is 5.82 Å². The molecule has 2 aromatic rings. The van der Waals surface area contributed by atoms with Crippen molar-refractivity contribution in [1.82, 2.24) is 9.38 Å². The summed E-state index contributed by atoms with van der Waals surface area (Å²) < 4.78 is 1.97. The van der Waals surface area contributed by atoms with Crippen LogP contribution in [0.3, 0.4) is 0 Å². The third-order valence-corrected chi connectivity index (χ3v) is 4.69. The van der Waals surface area contributed by atoms with E-state index in [0.29, 0.717) is 6.04 Å². The van der Waals surface area contributed by atoms with Crippen LogP contribution in [0.5, 0.6) is 0 Å². The minimum Gasteiger partial charge on any atom is -0.390 e. The number of thioether (sulfide) groups is 1. The first-order chi connectivity index (χ1) is 8.81. The Bertz CT molecular complexity index is 548. The molecule has 1 aliphatic heterocycles. The van der Waals surface area contributed by atoms with E-state index in [0.717, 1.165) is 22.9 Å². The molecule has 96 valence electrons. The molecular formula is C13H17N3OS. The van der Waals surface area contributed by atoms with Gasteiger partial charge in [0, 0.05) is 25.0 Å². The van der Waals surface area contributed by atoms with E-state index < -0.39 is 0 Å². The van der Waals surface area contributed by atoms with E-state index in [1.54, 1.807) is 0 Å². The van der Waals surface area contributed by atoms with Gasteiger partial charge in [0.15, 0.2) is 5.82 Å². The average Bonchev–Trinajstić information content (AvgIpc) is 3.04. The van der Waals surface area contributed by atoms with Gasteiger partial charge in [-0.25, -0.2) is 4.98 Å². The summed E-state index contributed by atoms with van der Waals surface area (Å²) in [6, 6.07) is 6.44. The Morgan fingerprint density at radius 3 is 3.17 bits per heavy atom. The Kier molecular flexibility index (Phi) is 3.18. The number of aromatic nitrogens is 2. The van der Waals surface area contributed by atoms with E-state index in [2.05, 4.69) is 16.9 Å². The normalized spacial score (nSPS) is 19.6. The largest absolute Gasteiger partial charge is 0.390 e. The quantitative estimate of drug-likeness (QED) is 0.916. The number of aliphatic hydroxyl groups is 1. The fourth-order valence-corrected chi connectivity index (χ4v) is 3.73. The summed E-state index contributed by atoms with van der Waals surface area (Å²) in [5.41, 5.74) is 1.78. The van der Waals surface area contributed by atoms with Crippen LogP contribution in [0.2, 0.25) is 0 Å². The highest BCUT2D eigenvalue weighted by Crippen LogP contribution is 2.28. The lowest BCUT2D eigenvalue weighted by Gasteiger charge is -2.24. The number of nitrogens with zero attached hydrogens (tertiary/aromatic N) is 3. The first-order valence-corrected chi connectivity index (χ1v) is 7.34. The maximum Gasteiger partial charge on any atom is 0.153 e. The summed E-state index contributed by atoms with van der Waals surface area (Å²) in [5, 5.41) is 9.60. The molecule has 0 bridgehead atoms. The molecule has 0 radical (unpaired) electrons. The van der Waals surface area contributed by atoms with Gasteiger partial charge in [-0.05, 0) is 24.3 Å². The third kappa shape index (κ3) is 1.87. The van der Waals surface area contributed by atoms with Crippen LogP contribution < -0.4 is 4.90 Å². The molecule has 0 saturated carbocycles. The summed E-state index contributed by atoms with van der Waals surface area (Å²) in [5.74, 6) is 3.28. The zero-order chi connectivity index (χ0) is 12.5. The fourth-order valence-electron chi connectivity index (χ4n) is 2.46. The lowest BCUT2D eigenvalue weighted by atomic mass is 10.2. The molecule has 5 heteroatoms. The lowest BCUT2D eigenvalue weighted by molar-refractivity contribution is 0.276. The van der Waals surface area contributed by atoms with E-state index in [1.807, 2.05) is 40.6 Å². The minimum absolute atomic E-state index is 0.0186. The lowest BCUT2D eigenvalue weighted by Crippen LogP contribution is -2.32. The van der Waals surface area contributed by atoms with Gasteiger partial charge in [-0.3, -0.25) is 4.40 Å². The number of hydrogen-bond acceptors (Lipinski definition) is 4. The van der Waals surface area contributed by atoms with Gasteiger partial charge >= 0.3 is 0 Å². The first kappa shape index (κ1) is 11.9. The fraction of sp³-hybridized carbons (Fsp3) is 0.462. The van der Waals surface area contributed by atoms with Crippen molar-refractivity contribution in [2.24, 2.45) is 0 Å². The van der Waals surface area contributed by atoms with Crippen molar-refractivity contribution in [2.75, 3.05) is 23.5 Å². The molecule has 4 nitrogen and oxygen atoms in total. The molecule has 0 aromatic carbocycles. The predicted octanol–water partition coefficient (Wildman–Crippen LogP) is 1.77. The molecule has 1 aliphatic rings. The van der Waals surface area contributed by atoms with E-state index in [-0.39, 0.29) is 6.61 Å². The molecular weight excluding hydrogens is 246 g/mol. The number of rotatable bonds is 3. The van der Waals surface area contributed by atoms with Gasteiger partial charge in [-0.1, -0.05) is 6.07 Å². The number of pyridine rings is 1. The summed E-state index contributed by atoms with van der Waals surface area (Å²) in [6.45, 7) is 0.0186. The Labute approximate surface area is 111 Å². The van der Waals surface area contributed by atoms with Gasteiger partial charge in [0.2, 0.25) is 0 Å². The zero-order valence-corrected chi connectivity index (χ0v) is 11.2. The molecule has 0 aliphatic carbocycles. The van der Waals surface area contributed by atoms with Gasteiger partial charge in [0.25, 0.3) is 0 Å². The monoisotopic (exact) mass is 263 g/mol. The van der Waals surface area contributed by atoms with E-state index in [4.69, 9.17) is 0 Å². The van der Waals surface area contributed by atoms with E-state index in [9.17, 15) is 5.11 Å². The number of aliphatic hydroxyl groups excluding tert-OH is 1. The van der Waals surface area contributed by atoms with Crippen LogP contribution in [0.15, 0.2) is 24.4 Å². The van der Waals surface area contributed by atoms with Crippen molar-refractivity contribution >= 4 is 23.2 Å². The summed E-state index contributed by atoms with van der Waals surface area (Å²) in [6.07, 6.45) is 3.15. The second-order valence-electron chi connectivity index (χ2n) is 4.60. The van der Waals surface area contributed by atoms with Crippen molar-refractivity contribution in [2.45, 2.75) is 19.1 Å². The van der Waals surface area contributed by atoms with Crippen LogP contribution >= 0.6 is 11.8 Å². The van der Waals surface area contributed by atoms with Crippen LogP contribution in [0.25, 0.3) is 5.65 Å². The summed E-state index contributed by atoms with van der Waals surface area (Å²) >= 11 is 1.99. The predicted molar refractivity (Wildman–Crippen MR) is 75.2 cm³/mol. The highest BCUT2D eigenvalue weighted by molar-refractivity contribution is 7.99. The van der Waals surface area contributed by atoms with Crippen LogP contribution in [-0.2, 0) is 6.61 Å². The SMILES string of the molecule is CN(c1nc2ccccn2c1CO)C1CCSC1. The van der Waals surface area contributed by atoms with Gasteiger partial charge in [-0.2, -0.15) is 11.8 Å². The average molecular weight is 263 g/mol. The molecule has 2 aromatic heterocycles. The molecule has 1 N–H and O–H groups in total. The Balaban J connectivity index is 2.04. The molecule has 18 heavy (non-hydrogen) atoms. The number of anilines is 1. The van der Waals surface area contributed by atoms with Crippen LogP contribution in [-0.4, -0.2) is 39.1 Å². The molecule has 1 atom stereocenters. The van der Waals surface area contributed by atoms with Crippen LogP contribution in [0.1, 0.15) is 12.1 Å². The van der Waals surface area contributed by atoms with Crippen molar-refractivity contribution in [3.8, 4) is 0 Å². The van der Waals surface area contributed by atoms with Crippen molar-refractivity contribution in [3.05, 3.63) is 30.1 Å². The minimum atomic E-state index is 0.0186. The first-order valence-electron chi connectivity index (χ1n) is 6.18. The Hall–Kier alpha value is -1.20. The maximum absolute atomic E-state index is 9.60. The van der Waals surface area contributed by atoms with Crippen LogP contribution in [0, 0.1) is 0 Å². The number of hydrogen-bond donors (Lipinski definition) is 1. The topological polar surface area (TPSA) is 40.8 Å². The summed E-state index contributed by atoms with van der Waals surface area (Å²) in [4.78, 5) is 6.87. The molecule has 1 fully saturated rings. The van der Waals surface area contributed by atoms with Gasteiger partial charge in [0.1, 0.15) is 5.65 Å². The molecule has 0 amide bonds. The Morgan fingerprint density at radius 2 is 2.44 bits per heavy atom. The van der Waals surface area contributed by atoms with Gasteiger partial charge in [0.05, 0.1) is 12.3 Å². The maximum atomic E-state index is 9.60. The smallest absolute Gasteiger partial charge is 0.153 e. The highest BCUT2D eigenvalue weighted by Gasteiger charge is 2.24. The van der Waals surface area contributed by atoms with E-state index in [1.165, 1.54) is 12.2 Å². The standard InChI is InChI=1S/C13H17N3OS/c1-15(10-5-7-18-9-10)13-11(8-17)16-6-3-2-4-12(16)14-13/h2-4,6,10,17H,5,7-9H2,1H3. The molecule has 1 saturated heterocycles. The van der Waals surface area contributed by atoms with Crippen molar-refractivity contribution in [1.29, 1.82) is 0 Å². The van der Waals surface area contributed by atoms with Gasteiger partial charge in [-0.15, -0.1) is 0 Å². The highest BCUT2D eigenvalue weighted by atomic mass is 32.2. The van der Waals surface area contributed by atoms with Crippen molar-refractivity contribution < 1.29 is 5.11 Å². The third-order valence-electron chi connectivity index (χ3n) is 3.54. The molecule has 3 rings (SSSR count). The van der Waals surface area contributed by atoms with Gasteiger partial charge < -0.3 is 10.0 Å². The molecule has 0 spiro atoms. The molecule has 3 heterocycles.